The molecule has 100 valence electrons. The van der Waals surface area contributed by atoms with Crippen LogP contribution in [0.5, 0.6) is 5.88 Å². The number of rotatable bonds is 4. The number of aromatic nitrogens is 1. The van der Waals surface area contributed by atoms with Gasteiger partial charge < -0.3 is 10.5 Å². The fourth-order valence-electron chi connectivity index (χ4n) is 2.78. The molecule has 2 N–H and O–H groups in total. The number of aryl methyl sites for hydroxylation is 1. The van der Waals surface area contributed by atoms with E-state index in [1.54, 1.807) is 0 Å². The zero-order valence-corrected chi connectivity index (χ0v) is 11.5. The molecule has 1 aromatic heterocycles. The zero-order valence-electron chi connectivity index (χ0n) is 11.5. The minimum absolute atomic E-state index is 0.337. The molecule has 0 aromatic carbocycles. The number of hydrogen-bond acceptors (Lipinski definition) is 3. The van der Waals surface area contributed by atoms with Crippen molar-refractivity contribution in [1.82, 2.24) is 4.98 Å². The molecule has 2 unspecified atom stereocenters. The highest BCUT2D eigenvalue weighted by molar-refractivity contribution is 5.24. The molecule has 2 atom stereocenters. The minimum atomic E-state index is 0.337. The second kappa shape index (κ2) is 6.19. The van der Waals surface area contributed by atoms with E-state index in [1.165, 1.54) is 25.7 Å². The lowest BCUT2D eigenvalue weighted by Crippen LogP contribution is -2.25. The van der Waals surface area contributed by atoms with E-state index in [4.69, 9.17) is 10.5 Å². The largest absolute Gasteiger partial charge is 0.474 e. The molecule has 0 spiro atoms. The van der Waals surface area contributed by atoms with Crippen molar-refractivity contribution < 1.29 is 4.74 Å². The van der Waals surface area contributed by atoms with Gasteiger partial charge in [-0.1, -0.05) is 19.8 Å². The Morgan fingerprint density at radius 3 is 2.94 bits per heavy atom. The summed E-state index contributed by atoms with van der Waals surface area (Å²) in [5, 5.41) is 0. The van der Waals surface area contributed by atoms with Crippen LogP contribution in [0.4, 0.5) is 0 Å². The molecular formula is C15H24N2O. The van der Waals surface area contributed by atoms with Crippen LogP contribution in [0.2, 0.25) is 0 Å². The van der Waals surface area contributed by atoms with Crippen molar-refractivity contribution in [2.24, 2.45) is 11.7 Å². The van der Waals surface area contributed by atoms with Gasteiger partial charge in [0.1, 0.15) is 6.10 Å². The lowest BCUT2D eigenvalue weighted by Gasteiger charge is -2.28. The van der Waals surface area contributed by atoms with Crippen molar-refractivity contribution in [3.63, 3.8) is 0 Å². The summed E-state index contributed by atoms with van der Waals surface area (Å²) in [4.78, 5) is 4.45. The molecule has 18 heavy (non-hydrogen) atoms. The van der Waals surface area contributed by atoms with Crippen molar-refractivity contribution in [3.05, 3.63) is 23.4 Å². The number of hydrogen-bond donors (Lipinski definition) is 1. The summed E-state index contributed by atoms with van der Waals surface area (Å²) in [6.07, 6.45) is 6.55. The molecule has 1 saturated carbocycles. The number of ether oxygens (including phenoxy) is 1. The van der Waals surface area contributed by atoms with E-state index in [9.17, 15) is 0 Å². The molecule has 1 aliphatic rings. The Morgan fingerprint density at radius 2 is 2.22 bits per heavy atom. The third-order valence-corrected chi connectivity index (χ3v) is 3.82. The smallest absolute Gasteiger partial charge is 0.214 e. The van der Waals surface area contributed by atoms with E-state index >= 15 is 0 Å². The van der Waals surface area contributed by atoms with Gasteiger partial charge in [0.25, 0.3) is 0 Å². The van der Waals surface area contributed by atoms with Gasteiger partial charge in [-0.05, 0) is 43.7 Å². The predicted molar refractivity (Wildman–Crippen MR) is 73.5 cm³/mol. The maximum atomic E-state index is 6.04. The average molecular weight is 248 g/mol. The van der Waals surface area contributed by atoms with Gasteiger partial charge in [0.15, 0.2) is 0 Å². The maximum absolute atomic E-state index is 6.04. The summed E-state index contributed by atoms with van der Waals surface area (Å²) in [6, 6.07) is 3.99. The first-order chi connectivity index (χ1) is 8.71. The first-order valence-electron chi connectivity index (χ1n) is 7.05. The van der Waals surface area contributed by atoms with Gasteiger partial charge in [-0.15, -0.1) is 0 Å². The van der Waals surface area contributed by atoms with Gasteiger partial charge in [0.2, 0.25) is 5.88 Å². The first kappa shape index (κ1) is 13.3. The van der Waals surface area contributed by atoms with Crippen LogP contribution < -0.4 is 10.5 Å². The van der Waals surface area contributed by atoms with Crippen LogP contribution >= 0.6 is 0 Å². The molecule has 1 heterocycles. The van der Waals surface area contributed by atoms with Gasteiger partial charge in [-0.25, -0.2) is 4.98 Å². The van der Waals surface area contributed by atoms with Crippen LogP contribution in [0.1, 0.15) is 50.3 Å². The van der Waals surface area contributed by atoms with Crippen molar-refractivity contribution in [2.75, 3.05) is 0 Å². The summed E-state index contributed by atoms with van der Waals surface area (Å²) in [6.45, 7) is 4.80. The van der Waals surface area contributed by atoms with Gasteiger partial charge in [0.05, 0.1) is 0 Å². The second-order valence-electron chi connectivity index (χ2n) is 5.34. The molecule has 0 radical (unpaired) electrons. The van der Waals surface area contributed by atoms with Crippen LogP contribution in [0.15, 0.2) is 12.1 Å². The molecule has 0 aliphatic heterocycles. The van der Waals surface area contributed by atoms with Gasteiger partial charge in [-0.3, -0.25) is 0 Å². The summed E-state index contributed by atoms with van der Waals surface area (Å²) < 4.78 is 6.04. The average Bonchev–Trinajstić information content (AvgIpc) is 2.38. The monoisotopic (exact) mass is 248 g/mol. The summed E-state index contributed by atoms with van der Waals surface area (Å²) in [7, 11) is 0. The molecule has 3 nitrogen and oxygen atoms in total. The van der Waals surface area contributed by atoms with E-state index in [0.717, 1.165) is 29.5 Å². The highest BCUT2D eigenvalue weighted by Gasteiger charge is 2.22. The number of nitrogens with two attached hydrogens (primary N) is 1. The Labute approximate surface area is 110 Å². The predicted octanol–water partition coefficient (Wildman–Crippen LogP) is 3.20. The lowest BCUT2D eigenvalue weighted by molar-refractivity contribution is 0.117. The summed E-state index contributed by atoms with van der Waals surface area (Å²) in [5.41, 5.74) is 7.76. The number of nitrogens with zero attached hydrogens (tertiary/aromatic N) is 1. The molecule has 1 aromatic rings. The highest BCUT2D eigenvalue weighted by Crippen LogP contribution is 2.29. The van der Waals surface area contributed by atoms with E-state index in [0.29, 0.717) is 12.6 Å². The lowest BCUT2D eigenvalue weighted by atomic mass is 9.85. The standard InChI is InChI=1S/C15H24N2O/c1-3-12-5-4-6-14(8-12)18-15-9-13(10-16)7-11(2)17-15/h7,9,12,14H,3-6,8,10,16H2,1-2H3. The minimum Gasteiger partial charge on any atom is -0.474 e. The Bertz CT molecular complexity index is 392. The van der Waals surface area contributed by atoms with Crippen LogP contribution in [-0.4, -0.2) is 11.1 Å². The highest BCUT2D eigenvalue weighted by atomic mass is 16.5. The fourth-order valence-corrected chi connectivity index (χ4v) is 2.78. The molecule has 2 rings (SSSR count). The Kier molecular flexibility index (Phi) is 4.59. The third kappa shape index (κ3) is 3.45. The molecule has 0 bridgehead atoms. The molecule has 0 amide bonds. The Hall–Kier alpha value is -1.09. The normalized spacial score (nSPS) is 23.9. The summed E-state index contributed by atoms with van der Waals surface area (Å²) >= 11 is 0. The van der Waals surface area contributed by atoms with Crippen LogP contribution in [0.25, 0.3) is 0 Å². The molecule has 1 fully saturated rings. The van der Waals surface area contributed by atoms with Gasteiger partial charge in [-0.2, -0.15) is 0 Å². The number of pyridine rings is 1. The van der Waals surface area contributed by atoms with Crippen LogP contribution in [0, 0.1) is 12.8 Å². The molecule has 0 saturated heterocycles. The first-order valence-corrected chi connectivity index (χ1v) is 7.05. The maximum Gasteiger partial charge on any atom is 0.214 e. The van der Waals surface area contributed by atoms with E-state index < -0.39 is 0 Å². The Morgan fingerprint density at radius 1 is 1.39 bits per heavy atom. The molecule has 1 aliphatic carbocycles. The Balaban J connectivity index is 2.02. The van der Waals surface area contributed by atoms with Gasteiger partial charge in [0, 0.05) is 18.3 Å². The summed E-state index contributed by atoms with van der Waals surface area (Å²) in [5.74, 6) is 1.57. The van der Waals surface area contributed by atoms with E-state index in [2.05, 4.69) is 11.9 Å². The van der Waals surface area contributed by atoms with Gasteiger partial charge >= 0.3 is 0 Å². The topological polar surface area (TPSA) is 48.1 Å². The van der Waals surface area contributed by atoms with Crippen LogP contribution in [0.3, 0.4) is 0 Å². The quantitative estimate of drug-likeness (QED) is 0.890. The van der Waals surface area contributed by atoms with E-state index in [-0.39, 0.29) is 0 Å². The van der Waals surface area contributed by atoms with Crippen molar-refractivity contribution in [1.29, 1.82) is 0 Å². The molecular weight excluding hydrogens is 224 g/mol. The third-order valence-electron chi connectivity index (χ3n) is 3.82. The molecule has 3 heteroatoms. The van der Waals surface area contributed by atoms with Crippen molar-refractivity contribution in [2.45, 2.75) is 58.6 Å². The van der Waals surface area contributed by atoms with Crippen LogP contribution in [-0.2, 0) is 6.54 Å². The fraction of sp³-hybridized carbons (Fsp3) is 0.667. The van der Waals surface area contributed by atoms with Crippen molar-refractivity contribution in [3.8, 4) is 5.88 Å². The zero-order chi connectivity index (χ0) is 13.0. The second-order valence-corrected chi connectivity index (χ2v) is 5.34. The van der Waals surface area contributed by atoms with E-state index in [1.807, 2.05) is 19.1 Å². The SMILES string of the molecule is CCC1CCCC(Oc2cc(CN)cc(C)n2)C1. The van der Waals surface area contributed by atoms with Crippen molar-refractivity contribution >= 4 is 0 Å².